The number of amides is 2. The van der Waals surface area contributed by atoms with Gasteiger partial charge in [-0.3, -0.25) is 19.5 Å². The second-order valence-electron chi connectivity index (χ2n) is 10.4. The lowest BCUT2D eigenvalue weighted by Gasteiger charge is -2.24. The number of pyridine rings is 1. The van der Waals surface area contributed by atoms with E-state index in [1.165, 1.54) is 23.9 Å². The van der Waals surface area contributed by atoms with Gasteiger partial charge in [-0.2, -0.15) is 5.10 Å². The van der Waals surface area contributed by atoms with E-state index in [0.29, 0.717) is 11.5 Å². The number of aryl methyl sites for hydroxylation is 1. The van der Waals surface area contributed by atoms with Crippen LogP contribution in [0, 0.1) is 19.7 Å². The van der Waals surface area contributed by atoms with Gasteiger partial charge in [0.15, 0.2) is 0 Å². The van der Waals surface area contributed by atoms with E-state index in [-0.39, 0.29) is 41.7 Å². The van der Waals surface area contributed by atoms with Crippen LogP contribution in [0.3, 0.4) is 0 Å². The van der Waals surface area contributed by atoms with E-state index in [1.807, 2.05) is 80.6 Å². The third kappa shape index (κ3) is 5.81. The first kappa shape index (κ1) is 28.4. The molecule has 0 spiro atoms. The Labute approximate surface area is 253 Å². The molecule has 3 heterocycles. The zero-order valence-electron chi connectivity index (χ0n) is 23.8. The second-order valence-corrected chi connectivity index (χ2v) is 11.5. The van der Waals surface area contributed by atoms with Crippen LogP contribution in [-0.2, 0) is 16.1 Å². The van der Waals surface area contributed by atoms with E-state index in [9.17, 15) is 14.0 Å². The average Bonchev–Trinajstić information content (AvgIpc) is 3.35. The van der Waals surface area contributed by atoms with Crippen molar-refractivity contribution in [2.75, 3.05) is 17.2 Å². The number of halogens is 1. The molecule has 2 amide bonds. The average molecular weight is 592 g/mol. The number of fused-ring (bicyclic) bond motifs is 1. The lowest BCUT2D eigenvalue weighted by molar-refractivity contribution is -0.123. The number of aromatic nitrogens is 3. The molecule has 9 heteroatoms. The summed E-state index contributed by atoms with van der Waals surface area (Å²) in [7, 11) is 0. The summed E-state index contributed by atoms with van der Waals surface area (Å²) in [4.78, 5) is 33.1. The number of anilines is 1. The molecule has 2 aromatic heterocycles. The van der Waals surface area contributed by atoms with Gasteiger partial charge in [0.05, 0.1) is 34.6 Å². The molecule has 216 valence electrons. The fourth-order valence-corrected chi connectivity index (χ4v) is 6.45. The van der Waals surface area contributed by atoms with Gasteiger partial charge >= 0.3 is 0 Å². The van der Waals surface area contributed by atoms with Crippen molar-refractivity contribution in [2.45, 2.75) is 25.6 Å². The minimum absolute atomic E-state index is 0.130. The molecule has 1 unspecified atom stereocenters. The number of carbonyl (C=O) groups excluding carboxylic acids is 2. The maximum Gasteiger partial charge on any atom is 0.240 e. The summed E-state index contributed by atoms with van der Waals surface area (Å²) in [6.07, 6.45) is 1.67. The minimum Gasteiger partial charge on any atom is -0.349 e. The smallest absolute Gasteiger partial charge is 0.240 e. The quantitative estimate of drug-likeness (QED) is 0.245. The van der Waals surface area contributed by atoms with Crippen LogP contribution in [0.2, 0.25) is 0 Å². The first-order valence-electron chi connectivity index (χ1n) is 14.0. The van der Waals surface area contributed by atoms with E-state index in [0.717, 1.165) is 39.2 Å². The molecule has 1 N–H and O–H groups in total. The Morgan fingerprint density at radius 1 is 0.977 bits per heavy atom. The minimum atomic E-state index is -0.338. The second kappa shape index (κ2) is 12.2. The van der Waals surface area contributed by atoms with Crippen LogP contribution >= 0.6 is 11.8 Å². The van der Waals surface area contributed by atoms with Gasteiger partial charge in [0.25, 0.3) is 0 Å². The molecule has 3 aromatic carbocycles. The summed E-state index contributed by atoms with van der Waals surface area (Å²) >= 11 is 1.45. The lowest BCUT2D eigenvalue weighted by atomic mass is 9.99. The van der Waals surface area contributed by atoms with Crippen molar-refractivity contribution in [3.63, 3.8) is 0 Å². The number of benzene rings is 3. The van der Waals surface area contributed by atoms with Crippen molar-refractivity contribution < 1.29 is 14.0 Å². The van der Waals surface area contributed by atoms with Gasteiger partial charge in [-0.25, -0.2) is 9.07 Å². The number of thioether (sulfide) groups is 1. The van der Waals surface area contributed by atoms with Gasteiger partial charge in [-0.05, 0) is 60.9 Å². The maximum absolute atomic E-state index is 14.0. The molecule has 7 nitrogen and oxygen atoms in total. The highest BCUT2D eigenvalue weighted by Crippen LogP contribution is 2.48. The Bertz CT molecular complexity index is 1770. The molecular weight excluding hydrogens is 561 g/mol. The van der Waals surface area contributed by atoms with Crippen molar-refractivity contribution in [1.82, 2.24) is 20.1 Å². The van der Waals surface area contributed by atoms with Crippen LogP contribution in [0.5, 0.6) is 0 Å². The zero-order valence-corrected chi connectivity index (χ0v) is 24.6. The first-order valence-corrected chi connectivity index (χ1v) is 15.0. The number of hydrogen-bond acceptors (Lipinski definition) is 5. The van der Waals surface area contributed by atoms with Gasteiger partial charge in [-0.15, -0.1) is 11.8 Å². The number of rotatable bonds is 7. The van der Waals surface area contributed by atoms with Crippen LogP contribution in [0.4, 0.5) is 10.2 Å². The normalized spacial score (nSPS) is 14.7. The molecule has 0 aliphatic carbocycles. The fraction of sp³-hybridized carbons (Fsp3) is 0.176. The SMILES string of the molecule is Cc1cccc(-n2nc(-c3ccccc3)c3c2N(CC(=O)NCc2ccccn2)C(=O)CSC3c2ccc(F)cc2)c1C. The highest BCUT2D eigenvalue weighted by atomic mass is 32.2. The van der Waals surface area contributed by atoms with E-state index < -0.39 is 0 Å². The standard InChI is InChI=1S/C34H30FN5O2S/c1-22-9-8-13-28(23(22)2)40-34-31(32(38-40)24-10-4-3-5-11-24)33(25-14-16-26(35)17-15-25)43-21-30(42)39(34)20-29(41)37-19-27-12-6-7-18-36-27/h3-18,33H,19-21H2,1-2H3,(H,37,41). The monoisotopic (exact) mass is 591 g/mol. The van der Waals surface area contributed by atoms with Gasteiger partial charge < -0.3 is 5.32 Å². The Hall–Kier alpha value is -4.76. The Balaban J connectivity index is 1.54. The zero-order chi connectivity index (χ0) is 29.9. The van der Waals surface area contributed by atoms with Crippen LogP contribution in [0.15, 0.2) is 97.2 Å². The first-order chi connectivity index (χ1) is 20.9. The van der Waals surface area contributed by atoms with E-state index in [1.54, 1.807) is 27.9 Å². The van der Waals surface area contributed by atoms with Crippen LogP contribution in [0.1, 0.15) is 33.2 Å². The maximum atomic E-state index is 14.0. The predicted molar refractivity (Wildman–Crippen MR) is 168 cm³/mol. The third-order valence-electron chi connectivity index (χ3n) is 7.61. The highest BCUT2D eigenvalue weighted by Gasteiger charge is 2.38. The Kier molecular flexibility index (Phi) is 8.07. The summed E-state index contributed by atoms with van der Waals surface area (Å²) < 4.78 is 15.8. The highest BCUT2D eigenvalue weighted by molar-refractivity contribution is 8.00. The van der Waals surface area contributed by atoms with Gasteiger partial charge in [0, 0.05) is 17.3 Å². The van der Waals surface area contributed by atoms with Crippen LogP contribution in [0.25, 0.3) is 16.9 Å². The van der Waals surface area contributed by atoms with Crippen molar-refractivity contribution in [1.29, 1.82) is 0 Å². The fourth-order valence-electron chi connectivity index (χ4n) is 5.25. The van der Waals surface area contributed by atoms with Crippen molar-refractivity contribution in [3.8, 4) is 16.9 Å². The van der Waals surface area contributed by atoms with Gasteiger partial charge in [-0.1, -0.05) is 60.7 Å². The van der Waals surface area contributed by atoms with Gasteiger partial charge in [0.2, 0.25) is 11.8 Å². The molecule has 0 saturated carbocycles. The molecular formula is C34H30FN5O2S. The van der Waals surface area contributed by atoms with Gasteiger partial charge in [0.1, 0.15) is 18.2 Å². The summed E-state index contributed by atoms with van der Waals surface area (Å²) in [5, 5.41) is 7.72. The number of nitrogens with zero attached hydrogens (tertiary/aromatic N) is 4. The molecule has 0 bridgehead atoms. The summed E-state index contributed by atoms with van der Waals surface area (Å²) in [6, 6.07) is 27.7. The number of nitrogens with one attached hydrogen (secondary N) is 1. The third-order valence-corrected chi connectivity index (χ3v) is 8.86. The van der Waals surface area contributed by atoms with Crippen molar-refractivity contribution in [3.05, 3.63) is 131 Å². The Morgan fingerprint density at radius 2 is 1.74 bits per heavy atom. The molecule has 5 aromatic rings. The van der Waals surface area contributed by atoms with Crippen molar-refractivity contribution in [2.24, 2.45) is 0 Å². The molecule has 1 aliphatic rings. The molecule has 0 fully saturated rings. The molecule has 6 rings (SSSR count). The molecule has 0 saturated heterocycles. The number of carbonyl (C=O) groups is 2. The molecule has 1 atom stereocenters. The van der Waals surface area contributed by atoms with E-state index >= 15 is 0 Å². The summed E-state index contributed by atoms with van der Waals surface area (Å²) in [5.41, 5.74) is 6.84. The largest absolute Gasteiger partial charge is 0.349 e. The van der Waals surface area contributed by atoms with Crippen molar-refractivity contribution >= 4 is 29.4 Å². The molecule has 0 radical (unpaired) electrons. The molecule has 43 heavy (non-hydrogen) atoms. The topological polar surface area (TPSA) is 80.1 Å². The van der Waals surface area contributed by atoms with Crippen LogP contribution in [-0.4, -0.2) is 38.9 Å². The summed E-state index contributed by atoms with van der Waals surface area (Å²) in [5.74, 6) is -0.199. The molecule has 1 aliphatic heterocycles. The predicted octanol–water partition coefficient (Wildman–Crippen LogP) is 6.18. The van der Waals surface area contributed by atoms with E-state index in [4.69, 9.17) is 5.10 Å². The summed E-state index contributed by atoms with van der Waals surface area (Å²) in [6.45, 7) is 4.10. The van der Waals surface area contributed by atoms with E-state index in [2.05, 4.69) is 10.3 Å². The number of hydrogen-bond donors (Lipinski definition) is 1. The van der Waals surface area contributed by atoms with Crippen LogP contribution < -0.4 is 10.2 Å². The Morgan fingerprint density at radius 3 is 2.49 bits per heavy atom. The lowest BCUT2D eigenvalue weighted by Crippen LogP contribution is -2.42.